The summed E-state index contributed by atoms with van der Waals surface area (Å²) >= 11 is 3.92. The molecule has 162 valence electrons. The average Bonchev–Trinajstić information content (AvgIpc) is 2.80. The number of carboxylic acid groups (broad SMARTS) is 1. The van der Waals surface area contributed by atoms with Crippen LogP contribution in [0.3, 0.4) is 0 Å². The van der Waals surface area contributed by atoms with Gasteiger partial charge in [-0.2, -0.15) is 0 Å². The van der Waals surface area contributed by atoms with E-state index in [4.69, 9.17) is 9.84 Å². The maximum Gasteiger partial charge on any atom is 0.335 e. The Hall–Kier alpha value is -2.59. The van der Waals surface area contributed by atoms with Gasteiger partial charge in [-0.15, -0.1) is 0 Å². The second-order valence-electron chi connectivity index (χ2n) is 7.77. The summed E-state index contributed by atoms with van der Waals surface area (Å²) in [6.07, 6.45) is 6.68. The Bertz CT molecular complexity index is 969. The lowest BCUT2D eigenvalue weighted by Crippen LogP contribution is -2.26. The van der Waals surface area contributed by atoms with Gasteiger partial charge in [0, 0.05) is 12.0 Å². The van der Waals surface area contributed by atoms with Crippen LogP contribution < -0.4 is 4.74 Å². The van der Waals surface area contributed by atoms with Crippen molar-refractivity contribution in [3.05, 3.63) is 90.0 Å². The third kappa shape index (κ3) is 6.44. The molecule has 3 rings (SSSR count). The molecule has 0 saturated heterocycles. The van der Waals surface area contributed by atoms with Crippen LogP contribution in [-0.4, -0.2) is 11.1 Å². The van der Waals surface area contributed by atoms with Crippen molar-refractivity contribution in [2.45, 2.75) is 50.0 Å². The van der Waals surface area contributed by atoms with Gasteiger partial charge in [-0.3, -0.25) is 0 Å². The Balaban J connectivity index is 1.87. The lowest BCUT2D eigenvalue weighted by atomic mass is 9.97. The molecule has 1 atom stereocenters. The molecule has 0 aromatic heterocycles. The van der Waals surface area contributed by atoms with Crippen molar-refractivity contribution in [1.82, 2.24) is 0 Å². The Morgan fingerprint density at radius 3 is 2.23 bits per heavy atom. The van der Waals surface area contributed by atoms with Crippen molar-refractivity contribution < 1.29 is 14.6 Å². The molecule has 0 bridgehead atoms. The highest BCUT2D eigenvalue weighted by molar-refractivity contribution is 9.09. The first-order valence-electron chi connectivity index (χ1n) is 10.9. The number of ether oxygens (including phenoxy) is 1. The molecule has 0 aliphatic heterocycles. The number of carbonyl (C=O) groups is 1. The van der Waals surface area contributed by atoms with Gasteiger partial charge >= 0.3 is 5.97 Å². The monoisotopic (exact) mass is 480 g/mol. The Morgan fingerprint density at radius 2 is 1.55 bits per heavy atom. The summed E-state index contributed by atoms with van der Waals surface area (Å²) in [5.41, 5.74) is 3.59. The minimum Gasteiger partial charge on any atom is -0.478 e. The molecule has 0 heterocycles. The second kappa shape index (κ2) is 11.1. The van der Waals surface area contributed by atoms with Crippen LogP contribution in [0.4, 0.5) is 0 Å². The van der Waals surface area contributed by atoms with Crippen LogP contribution in [0, 0.1) is 0 Å². The van der Waals surface area contributed by atoms with E-state index < -0.39 is 10.5 Å². The highest BCUT2D eigenvalue weighted by Gasteiger charge is 2.31. The fourth-order valence-electron chi connectivity index (χ4n) is 3.62. The molecule has 0 amide bonds. The predicted octanol–water partition coefficient (Wildman–Crippen LogP) is 8.04. The highest BCUT2D eigenvalue weighted by Crippen LogP contribution is 2.40. The normalized spacial score (nSPS) is 12.8. The molecular formula is C27H29BrO3. The lowest BCUT2D eigenvalue weighted by Gasteiger charge is -2.30. The molecule has 3 aromatic carbocycles. The Morgan fingerprint density at radius 1 is 0.871 bits per heavy atom. The summed E-state index contributed by atoms with van der Waals surface area (Å²) in [7, 11) is 0. The molecule has 0 radical (unpaired) electrons. The topological polar surface area (TPSA) is 46.5 Å². The van der Waals surface area contributed by atoms with E-state index in [1.165, 1.54) is 19.3 Å². The van der Waals surface area contributed by atoms with Crippen LogP contribution in [0.25, 0.3) is 11.1 Å². The second-order valence-corrected chi connectivity index (χ2v) is 9.05. The van der Waals surface area contributed by atoms with Gasteiger partial charge in [0.1, 0.15) is 5.75 Å². The third-order valence-electron chi connectivity index (χ3n) is 5.38. The molecular weight excluding hydrogens is 452 g/mol. The molecule has 1 N–H and O–H groups in total. The highest BCUT2D eigenvalue weighted by atomic mass is 79.9. The number of hydrogen-bond donors (Lipinski definition) is 1. The Kier molecular flexibility index (Phi) is 8.30. The van der Waals surface area contributed by atoms with Crippen molar-refractivity contribution in [1.29, 1.82) is 0 Å². The summed E-state index contributed by atoms with van der Waals surface area (Å²) in [4.78, 5) is 11.2. The third-order valence-corrected chi connectivity index (χ3v) is 6.40. The number of aromatic carboxylic acids is 1. The molecule has 31 heavy (non-hydrogen) atoms. The summed E-state index contributed by atoms with van der Waals surface area (Å²) in [5.74, 6) is -0.302. The number of hydrogen-bond acceptors (Lipinski definition) is 2. The summed E-state index contributed by atoms with van der Waals surface area (Å²) in [5, 5.41) is 9.16. The number of carboxylic acids is 1. The van der Waals surface area contributed by atoms with E-state index in [1.54, 1.807) is 24.3 Å². The number of alkyl halides is 1. The van der Waals surface area contributed by atoms with E-state index in [0.29, 0.717) is 5.75 Å². The minimum absolute atomic E-state index is 0.248. The van der Waals surface area contributed by atoms with Crippen molar-refractivity contribution in [2.24, 2.45) is 0 Å². The van der Waals surface area contributed by atoms with E-state index in [1.807, 2.05) is 18.2 Å². The zero-order chi connectivity index (χ0) is 22.1. The van der Waals surface area contributed by atoms with Gasteiger partial charge < -0.3 is 9.84 Å². The predicted molar refractivity (Wildman–Crippen MR) is 130 cm³/mol. The molecule has 0 saturated carbocycles. The fraction of sp³-hybridized carbons (Fsp3) is 0.296. The SMILES string of the molecule is CCCCCCCC(Br)(Oc1ccc(C(=O)O)cc1)c1cccc(-c2ccccc2)c1. The standard InChI is InChI=1S/C27H29BrO3/c1-2-3-4-5-9-19-27(28,31-25-17-15-22(16-18-25)26(29)30)24-14-10-13-23(20-24)21-11-7-6-8-12-21/h6-8,10-18,20H,2-5,9,19H2,1H3,(H,29,30). The first-order valence-corrected chi connectivity index (χ1v) is 11.7. The zero-order valence-corrected chi connectivity index (χ0v) is 19.5. The quantitative estimate of drug-likeness (QED) is 0.223. The van der Waals surface area contributed by atoms with Gasteiger partial charge in [-0.1, -0.05) is 81.1 Å². The lowest BCUT2D eigenvalue weighted by molar-refractivity contribution is 0.0697. The van der Waals surface area contributed by atoms with Crippen LogP contribution in [-0.2, 0) is 4.51 Å². The van der Waals surface area contributed by atoms with E-state index in [-0.39, 0.29) is 5.56 Å². The van der Waals surface area contributed by atoms with Gasteiger partial charge in [0.2, 0.25) is 0 Å². The molecule has 4 heteroatoms. The number of unbranched alkanes of at least 4 members (excludes halogenated alkanes) is 4. The van der Waals surface area contributed by atoms with Crippen LogP contribution in [0.2, 0.25) is 0 Å². The summed E-state index contributed by atoms with van der Waals surface area (Å²) < 4.78 is 5.76. The fourth-order valence-corrected chi connectivity index (χ4v) is 4.34. The molecule has 1 unspecified atom stereocenters. The summed E-state index contributed by atoms with van der Waals surface area (Å²) in [6.45, 7) is 2.22. The molecule has 0 aliphatic rings. The van der Waals surface area contributed by atoms with Gasteiger partial charge in [0.25, 0.3) is 0 Å². The van der Waals surface area contributed by atoms with Crippen LogP contribution >= 0.6 is 15.9 Å². The van der Waals surface area contributed by atoms with Crippen molar-refractivity contribution in [3.8, 4) is 16.9 Å². The smallest absolute Gasteiger partial charge is 0.335 e. The zero-order valence-electron chi connectivity index (χ0n) is 17.9. The average molecular weight is 481 g/mol. The van der Waals surface area contributed by atoms with Gasteiger partial charge in [-0.25, -0.2) is 4.79 Å². The number of halogens is 1. The first kappa shape index (κ1) is 23.1. The minimum atomic E-state index is -0.942. The van der Waals surface area contributed by atoms with Gasteiger partial charge in [-0.05, 0) is 63.8 Å². The van der Waals surface area contributed by atoms with Crippen LogP contribution in [0.1, 0.15) is 61.4 Å². The first-order chi connectivity index (χ1) is 15.0. The molecule has 3 nitrogen and oxygen atoms in total. The maximum atomic E-state index is 11.2. The molecule has 0 fully saturated rings. The van der Waals surface area contributed by atoms with Crippen molar-refractivity contribution in [2.75, 3.05) is 0 Å². The molecule has 3 aromatic rings. The van der Waals surface area contributed by atoms with E-state index in [2.05, 4.69) is 59.3 Å². The largest absolute Gasteiger partial charge is 0.478 e. The van der Waals surface area contributed by atoms with Crippen LogP contribution in [0.5, 0.6) is 5.75 Å². The van der Waals surface area contributed by atoms with Crippen molar-refractivity contribution in [3.63, 3.8) is 0 Å². The van der Waals surface area contributed by atoms with Crippen molar-refractivity contribution >= 4 is 21.9 Å². The van der Waals surface area contributed by atoms with E-state index in [0.717, 1.165) is 36.0 Å². The van der Waals surface area contributed by atoms with E-state index in [9.17, 15) is 4.79 Å². The van der Waals surface area contributed by atoms with Gasteiger partial charge in [0.05, 0.1) is 5.56 Å². The number of benzene rings is 3. The van der Waals surface area contributed by atoms with E-state index >= 15 is 0 Å². The summed E-state index contributed by atoms with van der Waals surface area (Å²) in [6, 6.07) is 25.3. The number of rotatable bonds is 11. The molecule has 0 spiro atoms. The van der Waals surface area contributed by atoms with Crippen LogP contribution in [0.15, 0.2) is 78.9 Å². The Labute approximate surface area is 193 Å². The maximum absolute atomic E-state index is 11.2. The molecule has 0 aliphatic carbocycles. The van der Waals surface area contributed by atoms with Gasteiger partial charge in [0.15, 0.2) is 4.51 Å².